The Labute approximate surface area is 114 Å². The van der Waals surface area contributed by atoms with Gasteiger partial charge in [-0.1, -0.05) is 34.1 Å². The minimum atomic E-state index is 0.0645. The highest BCUT2D eigenvalue weighted by atomic mass is 16.5. The highest BCUT2D eigenvalue weighted by molar-refractivity contribution is 5.02. The van der Waals surface area contributed by atoms with Gasteiger partial charge in [-0.05, 0) is 62.2 Å². The average molecular weight is 252 g/mol. The van der Waals surface area contributed by atoms with E-state index in [2.05, 4.69) is 41.5 Å². The third-order valence-electron chi connectivity index (χ3n) is 6.36. The molecular weight excluding hydrogens is 220 g/mol. The van der Waals surface area contributed by atoms with Crippen LogP contribution in [-0.4, -0.2) is 12.2 Å². The van der Waals surface area contributed by atoms with Crippen LogP contribution in [0.25, 0.3) is 0 Å². The molecule has 0 spiro atoms. The summed E-state index contributed by atoms with van der Waals surface area (Å²) in [4.78, 5) is 0. The van der Waals surface area contributed by atoms with Gasteiger partial charge in [-0.15, -0.1) is 0 Å². The Bertz CT molecular complexity index is 281. The zero-order valence-corrected chi connectivity index (χ0v) is 13.2. The Kier molecular flexibility index (Phi) is 4.11. The number of hydrogen-bond donors (Lipinski definition) is 0. The van der Waals surface area contributed by atoms with Gasteiger partial charge in [-0.2, -0.15) is 0 Å². The normalized spacial score (nSPS) is 43.7. The SMILES string of the molecule is CCC1C2CC(C(C)C2C)C1COC(C)(C)CC. The summed E-state index contributed by atoms with van der Waals surface area (Å²) in [6.45, 7) is 15.0. The zero-order valence-electron chi connectivity index (χ0n) is 13.2. The fraction of sp³-hybridized carbons (Fsp3) is 1.00. The highest BCUT2D eigenvalue weighted by Gasteiger charge is 2.53. The Morgan fingerprint density at radius 3 is 2.06 bits per heavy atom. The monoisotopic (exact) mass is 252 g/mol. The molecule has 0 aromatic carbocycles. The van der Waals surface area contributed by atoms with Crippen LogP contribution in [0.1, 0.15) is 60.8 Å². The van der Waals surface area contributed by atoms with Crippen molar-refractivity contribution in [3.8, 4) is 0 Å². The molecule has 1 heteroatoms. The molecule has 6 unspecified atom stereocenters. The van der Waals surface area contributed by atoms with E-state index in [1.807, 2.05) is 0 Å². The van der Waals surface area contributed by atoms with E-state index in [1.54, 1.807) is 0 Å². The van der Waals surface area contributed by atoms with E-state index in [9.17, 15) is 0 Å². The van der Waals surface area contributed by atoms with Crippen molar-refractivity contribution >= 4 is 0 Å². The lowest BCUT2D eigenvalue weighted by Gasteiger charge is -2.39. The van der Waals surface area contributed by atoms with Gasteiger partial charge in [0.15, 0.2) is 0 Å². The summed E-state index contributed by atoms with van der Waals surface area (Å²) in [5.41, 5.74) is 0.0645. The van der Waals surface area contributed by atoms with Crippen LogP contribution < -0.4 is 0 Å². The Morgan fingerprint density at radius 2 is 1.56 bits per heavy atom. The molecule has 0 amide bonds. The van der Waals surface area contributed by atoms with Crippen molar-refractivity contribution in [1.29, 1.82) is 0 Å². The zero-order chi connectivity index (χ0) is 13.5. The average Bonchev–Trinajstić information content (AvgIpc) is 2.84. The maximum Gasteiger partial charge on any atom is 0.0624 e. The summed E-state index contributed by atoms with van der Waals surface area (Å²) >= 11 is 0. The van der Waals surface area contributed by atoms with Gasteiger partial charge in [0.05, 0.1) is 12.2 Å². The first kappa shape index (κ1) is 14.4. The molecular formula is C17H32O. The second-order valence-corrected chi connectivity index (χ2v) is 7.44. The van der Waals surface area contributed by atoms with Crippen LogP contribution >= 0.6 is 0 Å². The molecule has 0 aliphatic heterocycles. The molecule has 106 valence electrons. The molecule has 2 rings (SSSR count). The minimum Gasteiger partial charge on any atom is -0.375 e. The molecule has 0 aromatic rings. The van der Waals surface area contributed by atoms with Crippen LogP contribution in [-0.2, 0) is 4.74 Å². The van der Waals surface area contributed by atoms with Gasteiger partial charge < -0.3 is 4.74 Å². The number of hydrogen-bond acceptors (Lipinski definition) is 1. The third kappa shape index (κ3) is 2.35. The van der Waals surface area contributed by atoms with Gasteiger partial charge in [0, 0.05) is 0 Å². The van der Waals surface area contributed by atoms with Crippen LogP contribution in [0.15, 0.2) is 0 Å². The fourth-order valence-corrected chi connectivity index (χ4v) is 4.56. The van der Waals surface area contributed by atoms with Crippen molar-refractivity contribution < 1.29 is 4.74 Å². The molecule has 0 aromatic heterocycles. The molecule has 2 saturated carbocycles. The predicted octanol–water partition coefficient (Wildman–Crippen LogP) is 4.76. The smallest absolute Gasteiger partial charge is 0.0624 e. The lowest BCUT2D eigenvalue weighted by atomic mass is 9.69. The van der Waals surface area contributed by atoms with E-state index in [-0.39, 0.29) is 5.60 Å². The summed E-state index contributed by atoms with van der Waals surface area (Å²) in [5.74, 6) is 5.52. The predicted molar refractivity (Wildman–Crippen MR) is 77.5 cm³/mol. The molecule has 0 radical (unpaired) electrons. The van der Waals surface area contributed by atoms with E-state index in [1.165, 1.54) is 12.8 Å². The first-order valence-corrected chi connectivity index (χ1v) is 8.05. The van der Waals surface area contributed by atoms with Crippen molar-refractivity contribution in [3.05, 3.63) is 0 Å². The van der Waals surface area contributed by atoms with Gasteiger partial charge in [0.25, 0.3) is 0 Å². The molecule has 2 aliphatic carbocycles. The lowest BCUT2D eigenvalue weighted by molar-refractivity contribution is -0.0651. The molecule has 2 fully saturated rings. The summed E-state index contributed by atoms with van der Waals surface area (Å²) in [6, 6.07) is 0. The van der Waals surface area contributed by atoms with E-state index in [0.29, 0.717) is 0 Å². The van der Waals surface area contributed by atoms with E-state index < -0.39 is 0 Å². The Hall–Kier alpha value is -0.0400. The third-order valence-corrected chi connectivity index (χ3v) is 6.36. The Balaban J connectivity index is 2.00. The van der Waals surface area contributed by atoms with Crippen molar-refractivity contribution in [2.75, 3.05) is 6.61 Å². The number of ether oxygens (including phenoxy) is 1. The topological polar surface area (TPSA) is 9.23 Å². The standard InChI is InChI=1S/C17H32O/c1-7-13-14-9-15(12(4)11(14)3)16(13)10-18-17(5,6)8-2/h11-16H,7-10H2,1-6H3. The maximum atomic E-state index is 6.23. The fourth-order valence-electron chi connectivity index (χ4n) is 4.56. The minimum absolute atomic E-state index is 0.0645. The molecule has 2 bridgehead atoms. The van der Waals surface area contributed by atoms with Crippen molar-refractivity contribution in [3.63, 3.8) is 0 Å². The second kappa shape index (κ2) is 5.15. The maximum absolute atomic E-state index is 6.23. The van der Waals surface area contributed by atoms with E-state index >= 15 is 0 Å². The summed E-state index contributed by atoms with van der Waals surface area (Å²) in [7, 11) is 0. The first-order chi connectivity index (χ1) is 8.41. The van der Waals surface area contributed by atoms with Gasteiger partial charge in [-0.25, -0.2) is 0 Å². The van der Waals surface area contributed by atoms with E-state index in [0.717, 1.165) is 48.5 Å². The highest BCUT2D eigenvalue weighted by Crippen LogP contribution is 2.59. The summed E-state index contributed by atoms with van der Waals surface area (Å²) in [6.07, 6.45) is 3.93. The second-order valence-electron chi connectivity index (χ2n) is 7.44. The molecule has 0 saturated heterocycles. The van der Waals surface area contributed by atoms with Crippen LogP contribution in [0.3, 0.4) is 0 Å². The van der Waals surface area contributed by atoms with Gasteiger partial charge in [0.1, 0.15) is 0 Å². The van der Waals surface area contributed by atoms with Crippen LogP contribution in [0.4, 0.5) is 0 Å². The number of rotatable bonds is 5. The van der Waals surface area contributed by atoms with Crippen molar-refractivity contribution in [1.82, 2.24) is 0 Å². The van der Waals surface area contributed by atoms with E-state index in [4.69, 9.17) is 4.74 Å². The quantitative estimate of drug-likeness (QED) is 0.685. The molecule has 2 aliphatic rings. The molecule has 0 N–H and O–H groups in total. The largest absolute Gasteiger partial charge is 0.375 e. The number of fused-ring (bicyclic) bond motifs is 2. The Morgan fingerprint density at radius 1 is 1.00 bits per heavy atom. The van der Waals surface area contributed by atoms with Crippen LogP contribution in [0.5, 0.6) is 0 Å². The van der Waals surface area contributed by atoms with Crippen LogP contribution in [0.2, 0.25) is 0 Å². The van der Waals surface area contributed by atoms with Crippen molar-refractivity contribution in [2.45, 2.75) is 66.4 Å². The van der Waals surface area contributed by atoms with Gasteiger partial charge >= 0.3 is 0 Å². The van der Waals surface area contributed by atoms with Crippen molar-refractivity contribution in [2.24, 2.45) is 35.5 Å². The lowest BCUT2D eigenvalue weighted by Crippen LogP contribution is -2.37. The summed E-state index contributed by atoms with van der Waals surface area (Å²) in [5, 5.41) is 0. The molecule has 6 atom stereocenters. The van der Waals surface area contributed by atoms with Crippen LogP contribution in [0, 0.1) is 35.5 Å². The molecule has 1 nitrogen and oxygen atoms in total. The summed E-state index contributed by atoms with van der Waals surface area (Å²) < 4.78 is 6.23. The molecule has 18 heavy (non-hydrogen) atoms. The van der Waals surface area contributed by atoms with Gasteiger partial charge in [-0.3, -0.25) is 0 Å². The molecule has 0 heterocycles. The first-order valence-electron chi connectivity index (χ1n) is 8.05. The van der Waals surface area contributed by atoms with Gasteiger partial charge in [0.2, 0.25) is 0 Å².